The predicted octanol–water partition coefficient (Wildman–Crippen LogP) is 4.83. The van der Waals surface area contributed by atoms with Gasteiger partial charge in [-0.1, -0.05) is 34.3 Å². The molecule has 360 valence electrons. The summed E-state index contributed by atoms with van der Waals surface area (Å²) in [5, 5.41) is 5.59. The number of likely N-dealkylation sites (tertiary alicyclic amines) is 1. The second-order valence-electron chi connectivity index (χ2n) is 18.7. The zero-order valence-corrected chi connectivity index (χ0v) is 40.4. The Hall–Kier alpha value is -5.65. The number of nitrogens with one attached hydrogen (secondary N) is 2. The second kappa shape index (κ2) is 23.2. The summed E-state index contributed by atoms with van der Waals surface area (Å²) in [6.07, 6.45) is 6.92. The second-order valence-corrected chi connectivity index (χ2v) is 18.7. The van der Waals surface area contributed by atoms with Crippen molar-refractivity contribution in [1.29, 1.82) is 0 Å². The molecule has 3 saturated heterocycles. The highest BCUT2D eigenvalue weighted by atomic mass is 16.5. The molecular weight excluding hydrogens is 843 g/mol. The van der Waals surface area contributed by atoms with Gasteiger partial charge < -0.3 is 34.0 Å². The van der Waals surface area contributed by atoms with E-state index in [9.17, 15) is 28.8 Å². The number of aromatic nitrogens is 2. The van der Waals surface area contributed by atoms with Gasteiger partial charge in [-0.15, -0.1) is 0 Å². The molecule has 6 rings (SSSR count). The topological polar surface area (TPSA) is 179 Å². The van der Waals surface area contributed by atoms with E-state index in [1.807, 2.05) is 51.9 Å². The standard InChI is InChI=1S/C41H60N8O6.C8H11NO2/c1-10-47-34-16-15-29(22-31(34)32(23-41(5,6)25-55-26-50)37(47)30-14-13-17-42-35(30)28(4)54-9)48-21-20-46(40(48)53)24-33(39(52)49-19-12-11-18-43-49)44-38(51)36(27(2)3)45(7)8;1-2-8(11)9-4-3-7(5-9)6-10/h13-17,22,26-28,33,36,43H,10-12,18-21,23-25H2,1-9H3,(H,44,51);2,6-7H,1,3-5H2. The summed E-state index contributed by atoms with van der Waals surface area (Å²) in [6.45, 7) is 20.3. The number of aldehydes is 1. The Labute approximate surface area is 389 Å². The van der Waals surface area contributed by atoms with E-state index < -0.39 is 17.5 Å². The highest BCUT2D eigenvalue weighted by Crippen LogP contribution is 2.42. The van der Waals surface area contributed by atoms with E-state index in [1.165, 1.54) is 6.08 Å². The molecule has 2 N–H and O–H groups in total. The van der Waals surface area contributed by atoms with E-state index in [0.717, 1.165) is 64.7 Å². The Morgan fingerprint density at radius 3 is 2.44 bits per heavy atom. The van der Waals surface area contributed by atoms with Crippen molar-refractivity contribution in [3.05, 3.63) is 60.4 Å². The molecule has 2 aromatic heterocycles. The van der Waals surface area contributed by atoms with E-state index in [2.05, 4.69) is 60.9 Å². The van der Waals surface area contributed by atoms with Gasteiger partial charge in [-0.2, -0.15) is 0 Å². The van der Waals surface area contributed by atoms with Crippen LogP contribution < -0.4 is 15.6 Å². The third-order valence-electron chi connectivity index (χ3n) is 12.7. The van der Waals surface area contributed by atoms with E-state index in [1.54, 1.807) is 33.0 Å². The molecule has 17 heteroatoms. The quantitative estimate of drug-likeness (QED) is 0.124. The number of amides is 5. The number of carbonyl (C=O) groups excluding carboxylic acids is 6. The lowest BCUT2D eigenvalue weighted by molar-refractivity contribution is -0.141. The van der Waals surface area contributed by atoms with Gasteiger partial charge >= 0.3 is 6.03 Å². The van der Waals surface area contributed by atoms with Crippen LogP contribution in [0.1, 0.15) is 78.2 Å². The van der Waals surface area contributed by atoms with Crippen LogP contribution in [-0.2, 0) is 46.4 Å². The minimum absolute atomic E-state index is 0.0157. The molecule has 0 radical (unpaired) electrons. The first-order valence-electron chi connectivity index (χ1n) is 23.1. The molecule has 66 heavy (non-hydrogen) atoms. The van der Waals surface area contributed by atoms with Crippen molar-refractivity contribution < 1.29 is 38.2 Å². The molecule has 3 aliphatic heterocycles. The van der Waals surface area contributed by atoms with Crippen molar-refractivity contribution >= 4 is 53.1 Å². The number of hydrazine groups is 1. The van der Waals surface area contributed by atoms with Crippen LogP contribution in [0.3, 0.4) is 0 Å². The fourth-order valence-electron chi connectivity index (χ4n) is 9.32. The molecule has 4 atom stereocenters. The van der Waals surface area contributed by atoms with Crippen LogP contribution in [0.25, 0.3) is 22.2 Å². The third-order valence-corrected chi connectivity index (χ3v) is 12.7. The number of benzene rings is 1. The molecular formula is C49H71N9O8. The average Bonchev–Trinajstić information content (AvgIpc) is 4.02. The first-order valence-corrected chi connectivity index (χ1v) is 23.1. The number of carbonyl (C=O) groups is 6. The van der Waals surface area contributed by atoms with Crippen molar-refractivity contribution in [2.45, 2.75) is 92.0 Å². The number of pyridine rings is 1. The van der Waals surface area contributed by atoms with Crippen LogP contribution in [0.15, 0.2) is 49.2 Å². The minimum atomic E-state index is -0.919. The third kappa shape index (κ3) is 12.0. The van der Waals surface area contributed by atoms with Crippen molar-refractivity contribution in [3.8, 4) is 11.3 Å². The fraction of sp³-hybridized carbons (Fsp3) is 0.571. The van der Waals surface area contributed by atoms with Gasteiger partial charge in [0.25, 0.3) is 12.4 Å². The van der Waals surface area contributed by atoms with E-state index in [0.29, 0.717) is 58.7 Å². The lowest BCUT2D eigenvalue weighted by atomic mass is 9.84. The first kappa shape index (κ1) is 51.3. The maximum atomic E-state index is 14.3. The molecule has 0 spiro atoms. The zero-order valence-electron chi connectivity index (χ0n) is 40.4. The van der Waals surface area contributed by atoms with E-state index in [4.69, 9.17) is 14.5 Å². The highest BCUT2D eigenvalue weighted by molar-refractivity contribution is 6.00. The van der Waals surface area contributed by atoms with Gasteiger partial charge in [0.1, 0.15) is 12.3 Å². The normalized spacial score (nSPS) is 18.0. The SMILES string of the molecule is C=CC(=O)N1CCC(C=O)C1.CCn1c(-c2cccnc2C(C)OC)c(CC(C)(C)COC=O)c2cc(N3CCN(CC(NC(=O)C(C(C)C)N(C)C)C(=O)N4CCCCN4)C3=O)ccc21. The van der Waals surface area contributed by atoms with Gasteiger partial charge in [0.2, 0.25) is 11.8 Å². The van der Waals surface area contributed by atoms with Crippen molar-refractivity contribution in [1.82, 2.24) is 40.0 Å². The summed E-state index contributed by atoms with van der Waals surface area (Å²) in [6, 6.07) is 8.51. The molecule has 3 fully saturated rings. The van der Waals surface area contributed by atoms with E-state index >= 15 is 0 Å². The van der Waals surface area contributed by atoms with Gasteiger partial charge in [-0.05, 0) is 102 Å². The molecule has 4 unspecified atom stereocenters. The van der Waals surface area contributed by atoms with Crippen molar-refractivity contribution in [2.24, 2.45) is 17.3 Å². The molecule has 0 aliphatic carbocycles. The van der Waals surface area contributed by atoms with Crippen LogP contribution >= 0.6 is 0 Å². The van der Waals surface area contributed by atoms with E-state index in [-0.39, 0.29) is 54.8 Å². The maximum absolute atomic E-state index is 14.3. The molecule has 1 aromatic carbocycles. The number of hydrogen-bond donors (Lipinski definition) is 2. The smallest absolute Gasteiger partial charge is 0.324 e. The van der Waals surface area contributed by atoms with Gasteiger partial charge in [0.05, 0.1) is 36.7 Å². The summed E-state index contributed by atoms with van der Waals surface area (Å²) in [5.74, 6) is -0.514. The molecule has 0 bridgehead atoms. The number of likely N-dealkylation sites (N-methyl/N-ethyl adjacent to an activating group) is 1. The highest BCUT2D eigenvalue weighted by Gasteiger charge is 2.38. The number of urea groups is 1. The number of anilines is 1. The maximum Gasteiger partial charge on any atom is 0.324 e. The number of ether oxygens (including phenoxy) is 2. The summed E-state index contributed by atoms with van der Waals surface area (Å²) in [4.78, 5) is 85.9. The lowest BCUT2D eigenvalue weighted by Crippen LogP contribution is -2.61. The molecule has 3 aliphatic rings. The molecule has 5 heterocycles. The fourth-order valence-corrected chi connectivity index (χ4v) is 9.32. The summed E-state index contributed by atoms with van der Waals surface area (Å²) < 4.78 is 13.3. The van der Waals surface area contributed by atoms with Gasteiger partial charge in [-0.25, -0.2) is 10.2 Å². The minimum Gasteiger partial charge on any atom is -0.467 e. The molecule has 0 saturated carbocycles. The van der Waals surface area contributed by atoms with Crippen molar-refractivity contribution in [3.63, 3.8) is 0 Å². The number of nitrogens with zero attached hydrogens (tertiary/aromatic N) is 7. The average molecular weight is 914 g/mol. The summed E-state index contributed by atoms with van der Waals surface area (Å²) in [7, 11) is 5.38. The number of aryl methyl sites for hydroxylation is 1. The van der Waals surface area contributed by atoms with Crippen LogP contribution in [0.4, 0.5) is 10.5 Å². The Kier molecular flexibility index (Phi) is 18.0. The van der Waals surface area contributed by atoms with Gasteiger partial charge in [0, 0.05) is 92.6 Å². The lowest BCUT2D eigenvalue weighted by Gasteiger charge is -2.34. The van der Waals surface area contributed by atoms with Crippen LogP contribution in [0.2, 0.25) is 0 Å². The number of methoxy groups -OCH3 is 1. The van der Waals surface area contributed by atoms with Crippen LogP contribution in [-0.4, -0.2) is 151 Å². The molecule has 17 nitrogen and oxygen atoms in total. The molecule has 5 amide bonds. The Morgan fingerprint density at radius 1 is 1.08 bits per heavy atom. The summed E-state index contributed by atoms with van der Waals surface area (Å²) in [5.41, 5.74) is 8.34. The van der Waals surface area contributed by atoms with Crippen molar-refractivity contribution in [2.75, 3.05) is 78.5 Å². The van der Waals surface area contributed by atoms with Gasteiger partial charge in [-0.3, -0.25) is 39.0 Å². The predicted molar refractivity (Wildman–Crippen MR) is 254 cm³/mol. The summed E-state index contributed by atoms with van der Waals surface area (Å²) >= 11 is 0. The monoisotopic (exact) mass is 914 g/mol. The Morgan fingerprint density at radius 2 is 1.83 bits per heavy atom. The molecule has 3 aromatic rings. The Balaban J connectivity index is 0.000000649. The van der Waals surface area contributed by atoms with Crippen LogP contribution in [0.5, 0.6) is 0 Å². The first-order chi connectivity index (χ1) is 31.5. The van der Waals surface area contributed by atoms with Gasteiger partial charge in [0.15, 0.2) is 0 Å². The Bertz CT molecular complexity index is 2190. The number of hydrogen-bond acceptors (Lipinski definition) is 11. The van der Waals surface area contributed by atoms with Crippen LogP contribution in [0, 0.1) is 17.3 Å². The number of rotatable bonds is 19. The number of fused-ring (bicyclic) bond motifs is 1. The largest absolute Gasteiger partial charge is 0.467 e. The zero-order chi connectivity index (χ0) is 48.3.